The number of aryl methyl sites for hydroxylation is 2. The van der Waals surface area contributed by atoms with Gasteiger partial charge in [-0.15, -0.1) is 11.3 Å². The third kappa shape index (κ3) is 2.01. The first-order valence-corrected chi connectivity index (χ1v) is 8.68. The minimum absolute atomic E-state index is 0.0700. The SMILES string of the molecule is NC1C2CCC(C2)C1C(=O)NCc1cc2c(s1)CCC2. The van der Waals surface area contributed by atoms with E-state index < -0.39 is 0 Å². The first-order valence-electron chi connectivity index (χ1n) is 7.86. The summed E-state index contributed by atoms with van der Waals surface area (Å²) in [6.07, 6.45) is 7.35. The van der Waals surface area contributed by atoms with Gasteiger partial charge in [-0.3, -0.25) is 4.79 Å². The monoisotopic (exact) mass is 290 g/mol. The number of carbonyl (C=O) groups is 1. The van der Waals surface area contributed by atoms with Crippen LogP contribution < -0.4 is 11.1 Å². The number of rotatable bonds is 3. The lowest BCUT2D eigenvalue weighted by Gasteiger charge is -2.26. The summed E-state index contributed by atoms with van der Waals surface area (Å²) in [7, 11) is 0. The molecule has 4 atom stereocenters. The summed E-state index contributed by atoms with van der Waals surface area (Å²) in [5.41, 5.74) is 7.74. The van der Waals surface area contributed by atoms with Gasteiger partial charge in [0.1, 0.15) is 0 Å². The lowest BCUT2D eigenvalue weighted by Crippen LogP contribution is -2.45. The van der Waals surface area contributed by atoms with Gasteiger partial charge in [0, 0.05) is 15.8 Å². The van der Waals surface area contributed by atoms with Crippen molar-refractivity contribution in [3.63, 3.8) is 0 Å². The summed E-state index contributed by atoms with van der Waals surface area (Å²) in [6, 6.07) is 2.38. The van der Waals surface area contributed by atoms with Crippen molar-refractivity contribution in [2.24, 2.45) is 23.5 Å². The molecule has 4 heteroatoms. The molecule has 4 rings (SSSR count). The maximum absolute atomic E-state index is 12.4. The van der Waals surface area contributed by atoms with E-state index >= 15 is 0 Å². The van der Waals surface area contributed by atoms with Gasteiger partial charge in [0.15, 0.2) is 0 Å². The Morgan fingerprint density at radius 1 is 1.35 bits per heavy atom. The van der Waals surface area contributed by atoms with Gasteiger partial charge in [-0.05, 0) is 62.0 Å². The zero-order valence-corrected chi connectivity index (χ0v) is 12.5. The van der Waals surface area contributed by atoms with Crippen molar-refractivity contribution in [3.8, 4) is 0 Å². The highest BCUT2D eigenvalue weighted by Crippen LogP contribution is 2.47. The molecule has 2 saturated carbocycles. The van der Waals surface area contributed by atoms with Crippen molar-refractivity contribution in [1.82, 2.24) is 5.32 Å². The Hall–Kier alpha value is -0.870. The van der Waals surface area contributed by atoms with Crippen LogP contribution >= 0.6 is 11.3 Å². The van der Waals surface area contributed by atoms with E-state index in [1.54, 1.807) is 0 Å². The van der Waals surface area contributed by atoms with Gasteiger partial charge in [-0.25, -0.2) is 0 Å². The molecule has 1 aromatic rings. The summed E-state index contributed by atoms with van der Waals surface area (Å²) < 4.78 is 0. The maximum atomic E-state index is 12.4. The molecule has 2 bridgehead atoms. The lowest BCUT2D eigenvalue weighted by molar-refractivity contribution is -0.127. The molecule has 1 aromatic heterocycles. The van der Waals surface area contributed by atoms with E-state index in [2.05, 4.69) is 11.4 Å². The maximum Gasteiger partial charge on any atom is 0.225 e. The molecule has 3 aliphatic carbocycles. The second-order valence-corrected chi connectivity index (χ2v) is 7.89. The van der Waals surface area contributed by atoms with E-state index in [0.29, 0.717) is 18.4 Å². The number of hydrogen-bond donors (Lipinski definition) is 2. The summed E-state index contributed by atoms with van der Waals surface area (Å²) in [6.45, 7) is 0.692. The highest BCUT2D eigenvalue weighted by atomic mass is 32.1. The highest BCUT2D eigenvalue weighted by Gasteiger charge is 2.48. The van der Waals surface area contributed by atoms with E-state index in [9.17, 15) is 4.79 Å². The molecule has 1 heterocycles. The fraction of sp³-hybridized carbons (Fsp3) is 0.688. The van der Waals surface area contributed by atoms with Crippen molar-refractivity contribution in [3.05, 3.63) is 21.4 Å². The Morgan fingerprint density at radius 3 is 2.95 bits per heavy atom. The van der Waals surface area contributed by atoms with E-state index in [-0.39, 0.29) is 17.9 Å². The molecule has 0 aromatic carbocycles. The topological polar surface area (TPSA) is 55.1 Å². The zero-order valence-electron chi connectivity index (χ0n) is 11.7. The van der Waals surface area contributed by atoms with E-state index in [1.165, 1.54) is 53.8 Å². The standard InChI is InChI=1S/C16H22N2OS/c17-15-11-5-4-10(6-11)14(15)16(19)18-8-12-7-9-2-1-3-13(9)20-12/h7,10-11,14-15H,1-6,8,17H2,(H,18,19). The molecule has 3 N–H and O–H groups in total. The number of fused-ring (bicyclic) bond motifs is 3. The quantitative estimate of drug-likeness (QED) is 0.897. The molecule has 20 heavy (non-hydrogen) atoms. The number of hydrogen-bond acceptors (Lipinski definition) is 3. The van der Waals surface area contributed by atoms with Crippen LogP contribution in [0.2, 0.25) is 0 Å². The molecule has 3 aliphatic rings. The third-order valence-electron chi connectivity index (χ3n) is 5.52. The smallest absolute Gasteiger partial charge is 0.225 e. The summed E-state index contributed by atoms with van der Waals surface area (Å²) in [4.78, 5) is 15.2. The Kier molecular flexibility index (Phi) is 3.11. The van der Waals surface area contributed by atoms with Crippen LogP contribution in [0.25, 0.3) is 0 Å². The molecule has 1 amide bonds. The normalized spacial score (nSPS) is 34.5. The minimum Gasteiger partial charge on any atom is -0.351 e. The van der Waals surface area contributed by atoms with Crippen molar-refractivity contribution >= 4 is 17.2 Å². The van der Waals surface area contributed by atoms with Gasteiger partial charge >= 0.3 is 0 Å². The largest absolute Gasteiger partial charge is 0.351 e. The molecule has 4 unspecified atom stereocenters. The second-order valence-electron chi connectivity index (χ2n) is 6.67. The average Bonchev–Trinajstić information content (AvgIpc) is 3.15. The molecule has 0 radical (unpaired) electrons. The Morgan fingerprint density at radius 2 is 2.20 bits per heavy atom. The molecule has 3 nitrogen and oxygen atoms in total. The Bertz CT molecular complexity index is 515. The van der Waals surface area contributed by atoms with Crippen LogP contribution in [0.1, 0.15) is 41.0 Å². The zero-order chi connectivity index (χ0) is 13.7. The van der Waals surface area contributed by atoms with Crippen molar-refractivity contribution < 1.29 is 4.79 Å². The number of thiophene rings is 1. The summed E-state index contributed by atoms with van der Waals surface area (Å²) >= 11 is 1.88. The van der Waals surface area contributed by atoms with Crippen molar-refractivity contribution in [2.75, 3.05) is 0 Å². The van der Waals surface area contributed by atoms with Crippen molar-refractivity contribution in [1.29, 1.82) is 0 Å². The van der Waals surface area contributed by atoms with Crippen LogP contribution in [-0.4, -0.2) is 11.9 Å². The third-order valence-corrected chi connectivity index (χ3v) is 6.75. The van der Waals surface area contributed by atoms with Gasteiger partial charge in [0.25, 0.3) is 0 Å². The average molecular weight is 290 g/mol. The van der Waals surface area contributed by atoms with Gasteiger partial charge in [0.2, 0.25) is 5.91 Å². The molecule has 108 valence electrons. The summed E-state index contributed by atoms with van der Waals surface area (Å²) in [5.74, 6) is 1.41. The first kappa shape index (κ1) is 12.8. The Balaban J connectivity index is 1.38. The Labute approximate surface area is 123 Å². The van der Waals surface area contributed by atoms with E-state index in [4.69, 9.17) is 5.73 Å². The van der Waals surface area contributed by atoms with Gasteiger partial charge in [-0.1, -0.05) is 0 Å². The van der Waals surface area contributed by atoms with E-state index in [0.717, 1.165) is 0 Å². The number of amides is 1. The predicted octanol–water partition coefficient (Wildman–Crippen LogP) is 2.23. The van der Waals surface area contributed by atoms with Crippen LogP contribution in [0.5, 0.6) is 0 Å². The molecular formula is C16H22N2OS. The number of nitrogens with one attached hydrogen (secondary N) is 1. The number of carbonyl (C=O) groups excluding carboxylic acids is 1. The molecule has 0 spiro atoms. The van der Waals surface area contributed by atoms with Crippen LogP contribution in [0.4, 0.5) is 0 Å². The van der Waals surface area contributed by atoms with Crippen molar-refractivity contribution in [2.45, 2.75) is 51.1 Å². The van der Waals surface area contributed by atoms with Gasteiger partial charge < -0.3 is 11.1 Å². The van der Waals surface area contributed by atoms with E-state index in [1.807, 2.05) is 11.3 Å². The molecule has 0 aliphatic heterocycles. The summed E-state index contributed by atoms with van der Waals surface area (Å²) in [5, 5.41) is 3.14. The van der Waals surface area contributed by atoms with Crippen LogP contribution in [0.3, 0.4) is 0 Å². The van der Waals surface area contributed by atoms with Crippen LogP contribution in [0.15, 0.2) is 6.07 Å². The minimum atomic E-state index is 0.0700. The first-order chi connectivity index (χ1) is 9.72. The predicted molar refractivity (Wildman–Crippen MR) is 80.5 cm³/mol. The molecular weight excluding hydrogens is 268 g/mol. The molecule has 2 fully saturated rings. The van der Waals surface area contributed by atoms with Gasteiger partial charge in [-0.2, -0.15) is 0 Å². The molecule has 0 saturated heterocycles. The number of nitrogens with two attached hydrogens (primary N) is 1. The fourth-order valence-electron chi connectivity index (χ4n) is 4.49. The highest BCUT2D eigenvalue weighted by molar-refractivity contribution is 7.12. The fourth-order valence-corrected chi connectivity index (χ4v) is 5.70. The van der Waals surface area contributed by atoms with Gasteiger partial charge in [0.05, 0.1) is 12.5 Å². The van der Waals surface area contributed by atoms with Crippen LogP contribution in [0, 0.1) is 17.8 Å². The van der Waals surface area contributed by atoms with Crippen LogP contribution in [-0.2, 0) is 24.2 Å². The lowest BCUT2D eigenvalue weighted by atomic mass is 9.84. The second kappa shape index (κ2) is 4.85.